The highest BCUT2D eigenvalue weighted by Crippen LogP contribution is 2.17. The van der Waals surface area contributed by atoms with E-state index in [4.69, 9.17) is 9.84 Å². The SMILES string of the molecule is COCC(CO)NC1CCSCC1. The van der Waals surface area contributed by atoms with Crippen LogP contribution >= 0.6 is 11.8 Å². The first-order valence-electron chi connectivity index (χ1n) is 4.80. The van der Waals surface area contributed by atoms with Crippen LogP contribution in [0.4, 0.5) is 0 Å². The van der Waals surface area contributed by atoms with Gasteiger partial charge in [-0.3, -0.25) is 0 Å². The fourth-order valence-electron chi connectivity index (χ4n) is 1.55. The van der Waals surface area contributed by atoms with Gasteiger partial charge in [0.1, 0.15) is 0 Å². The molecule has 0 spiro atoms. The van der Waals surface area contributed by atoms with E-state index in [1.165, 1.54) is 24.3 Å². The zero-order chi connectivity index (χ0) is 9.52. The van der Waals surface area contributed by atoms with Crippen LogP contribution in [0.25, 0.3) is 0 Å². The predicted octanol–water partition coefficient (Wildman–Crippen LogP) is 0.479. The van der Waals surface area contributed by atoms with Gasteiger partial charge in [0.2, 0.25) is 0 Å². The average molecular weight is 205 g/mol. The lowest BCUT2D eigenvalue weighted by molar-refractivity contribution is 0.121. The molecule has 0 amide bonds. The number of methoxy groups -OCH3 is 1. The Morgan fingerprint density at radius 3 is 2.77 bits per heavy atom. The maximum absolute atomic E-state index is 9.04. The molecule has 0 radical (unpaired) electrons. The Morgan fingerprint density at radius 2 is 2.23 bits per heavy atom. The van der Waals surface area contributed by atoms with Crippen LogP contribution in [0.2, 0.25) is 0 Å². The van der Waals surface area contributed by atoms with Crippen LogP contribution in [0.1, 0.15) is 12.8 Å². The van der Waals surface area contributed by atoms with E-state index in [-0.39, 0.29) is 12.6 Å². The van der Waals surface area contributed by atoms with Gasteiger partial charge >= 0.3 is 0 Å². The van der Waals surface area contributed by atoms with Crippen LogP contribution in [-0.4, -0.2) is 49.0 Å². The molecule has 2 N–H and O–H groups in total. The van der Waals surface area contributed by atoms with Crippen LogP contribution in [0.3, 0.4) is 0 Å². The molecule has 1 saturated heterocycles. The zero-order valence-electron chi connectivity index (χ0n) is 8.16. The van der Waals surface area contributed by atoms with Crippen LogP contribution in [0, 0.1) is 0 Å². The first-order chi connectivity index (χ1) is 6.36. The van der Waals surface area contributed by atoms with Crippen LogP contribution in [-0.2, 0) is 4.74 Å². The summed E-state index contributed by atoms with van der Waals surface area (Å²) in [6.07, 6.45) is 2.43. The lowest BCUT2D eigenvalue weighted by atomic mass is 10.1. The number of hydrogen-bond acceptors (Lipinski definition) is 4. The molecule has 13 heavy (non-hydrogen) atoms. The van der Waals surface area contributed by atoms with E-state index in [2.05, 4.69) is 5.32 Å². The number of hydrogen-bond donors (Lipinski definition) is 2. The van der Waals surface area contributed by atoms with Crippen molar-refractivity contribution >= 4 is 11.8 Å². The highest BCUT2D eigenvalue weighted by molar-refractivity contribution is 7.99. The van der Waals surface area contributed by atoms with Gasteiger partial charge in [0, 0.05) is 13.2 Å². The molecule has 0 aromatic rings. The topological polar surface area (TPSA) is 41.5 Å². The molecular formula is C9H19NO2S. The number of thioether (sulfide) groups is 1. The molecule has 1 rings (SSSR count). The Morgan fingerprint density at radius 1 is 1.54 bits per heavy atom. The van der Waals surface area contributed by atoms with Gasteiger partial charge in [0.15, 0.2) is 0 Å². The van der Waals surface area contributed by atoms with Gasteiger partial charge in [-0.2, -0.15) is 11.8 Å². The lowest BCUT2D eigenvalue weighted by Crippen LogP contribution is -2.44. The molecule has 1 aliphatic heterocycles. The van der Waals surface area contributed by atoms with Crippen LogP contribution in [0.5, 0.6) is 0 Å². The Hall–Kier alpha value is 0.230. The predicted molar refractivity (Wildman–Crippen MR) is 56.2 cm³/mol. The molecule has 3 nitrogen and oxygen atoms in total. The van der Waals surface area contributed by atoms with E-state index >= 15 is 0 Å². The van der Waals surface area contributed by atoms with E-state index in [0.29, 0.717) is 12.6 Å². The van der Waals surface area contributed by atoms with Crippen molar-refractivity contribution in [1.82, 2.24) is 5.32 Å². The molecule has 1 aliphatic rings. The second kappa shape index (κ2) is 6.65. The molecule has 0 aliphatic carbocycles. The zero-order valence-corrected chi connectivity index (χ0v) is 8.98. The normalized spacial score (nSPS) is 21.7. The summed E-state index contributed by atoms with van der Waals surface area (Å²) >= 11 is 2.01. The number of ether oxygens (including phenoxy) is 1. The third kappa shape index (κ3) is 4.31. The third-order valence-corrected chi connectivity index (χ3v) is 3.33. The monoisotopic (exact) mass is 205 g/mol. The fraction of sp³-hybridized carbons (Fsp3) is 1.00. The van der Waals surface area contributed by atoms with Crippen molar-refractivity contribution in [2.75, 3.05) is 31.8 Å². The summed E-state index contributed by atoms with van der Waals surface area (Å²) in [5, 5.41) is 12.5. The van der Waals surface area contributed by atoms with E-state index in [9.17, 15) is 0 Å². The summed E-state index contributed by atoms with van der Waals surface area (Å²) < 4.78 is 5.01. The molecule has 1 unspecified atom stereocenters. The minimum atomic E-state index is 0.109. The molecular weight excluding hydrogens is 186 g/mol. The number of aliphatic hydroxyl groups is 1. The van der Waals surface area contributed by atoms with Gasteiger partial charge in [-0.05, 0) is 24.3 Å². The molecule has 1 heterocycles. The first-order valence-corrected chi connectivity index (χ1v) is 5.96. The summed E-state index contributed by atoms with van der Waals surface area (Å²) in [6.45, 7) is 0.762. The Kier molecular flexibility index (Phi) is 5.78. The van der Waals surface area contributed by atoms with E-state index < -0.39 is 0 Å². The summed E-state index contributed by atoms with van der Waals surface area (Å²) in [5.41, 5.74) is 0. The quantitative estimate of drug-likeness (QED) is 0.685. The summed E-state index contributed by atoms with van der Waals surface area (Å²) in [5.74, 6) is 2.48. The smallest absolute Gasteiger partial charge is 0.0638 e. The van der Waals surface area contributed by atoms with Crippen LogP contribution in [0.15, 0.2) is 0 Å². The molecule has 1 fully saturated rings. The van der Waals surface area contributed by atoms with Crippen molar-refractivity contribution in [3.63, 3.8) is 0 Å². The van der Waals surface area contributed by atoms with Gasteiger partial charge in [0.25, 0.3) is 0 Å². The minimum absolute atomic E-state index is 0.109. The Labute approximate surface area is 84.2 Å². The molecule has 0 aromatic carbocycles. The minimum Gasteiger partial charge on any atom is -0.395 e. The fourth-order valence-corrected chi connectivity index (χ4v) is 2.66. The molecule has 0 aromatic heterocycles. The average Bonchev–Trinajstić information content (AvgIpc) is 2.19. The number of nitrogens with one attached hydrogen (secondary N) is 1. The second-order valence-corrected chi connectivity index (χ2v) is 4.61. The first kappa shape index (κ1) is 11.3. The van der Waals surface area contributed by atoms with E-state index in [1.54, 1.807) is 7.11 Å². The molecule has 0 bridgehead atoms. The summed E-state index contributed by atoms with van der Waals surface area (Å²) in [4.78, 5) is 0. The van der Waals surface area contributed by atoms with Crippen molar-refractivity contribution in [2.45, 2.75) is 24.9 Å². The Balaban J connectivity index is 2.18. The van der Waals surface area contributed by atoms with Gasteiger partial charge in [0.05, 0.1) is 19.3 Å². The molecule has 78 valence electrons. The van der Waals surface area contributed by atoms with Crippen molar-refractivity contribution < 1.29 is 9.84 Å². The Bertz CT molecular complexity index is 126. The standard InChI is InChI=1S/C9H19NO2S/c1-12-7-9(6-11)10-8-2-4-13-5-3-8/h8-11H,2-7H2,1H3. The van der Waals surface area contributed by atoms with Gasteiger partial charge in [-0.25, -0.2) is 0 Å². The van der Waals surface area contributed by atoms with Crippen molar-refractivity contribution in [3.8, 4) is 0 Å². The van der Waals surface area contributed by atoms with Gasteiger partial charge < -0.3 is 15.2 Å². The highest BCUT2D eigenvalue weighted by Gasteiger charge is 2.17. The maximum Gasteiger partial charge on any atom is 0.0638 e. The molecule has 4 heteroatoms. The van der Waals surface area contributed by atoms with E-state index in [0.717, 1.165) is 0 Å². The van der Waals surface area contributed by atoms with E-state index in [1.807, 2.05) is 11.8 Å². The highest BCUT2D eigenvalue weighted by atomic mass is 32.2. The van der Waals surface area contributed by atoms with Crippen molar-refractivity contribution in [1.29, 1.82) is 0 Å². The summed E-state index contributed by atoms with van der Waals surface area (Å²) in [7, 11) is 1.67. The lowest BCUT2D eigenvalue weighted by Gasteiger charge is -2.26. The maximum atomic E-state index is 9.04. The van der Waals surface area contributed by atoms with Crippen molar-refractivity contribution in [3.05, 3.63) is 0 Å². The third-order valence-electron chi connectivity index (χ3n) is 2.28. The molecule has 0 saturated carbocycles. The molecule has 1 atom stereocenters. The van der Waals surface area contributed by atoms with Gasteiger partial charge in [-0.1, -0.05) is 0 Å². The van der Waals surface area contributed by atoms with Crippen LogP contribution < -0.4 is 5.32 Å². The largest absolute Gasteiger partial charge is 0.395 e. The second-order valence-electron chi connectivity index (χ2n) is 3.39. The van der Waals surface area contributed by atoms with Gasteiger partial charge in [-0.15, -0.1) is 0 Å². The number of aliphatic hydroxyl groups excluding tert-OH is 1. The summed E-state index contributed by atoms with van der Waals surface area (Å²) in [6, 6.07) is 0.687. The number of rotatable bonds is 5. The van der Waals surface area contributed by atoms with Crippen molar-refractivity contribution in [2.24, 2.45) is 0 Å².